The molecule has 0 aromatic carbocycles. The molecule has 0 unspecified atom stereocenters. The number of ether oxygens (including phenoxy) is 1. The highest BCUT2D eigenvalue weighted by Crippen LogP contribution is 2.22. The zero-order valence-corrected chi connectivity index (χ0v) is 10.1. The average molecular weight is 226 g/mol. The third kappa shape index (κ3) is 2.41. The molecular formula is C11H18N2O3. The van der Waals surface area contributed by atoms with Crippen LogP contribution in [0.1, 0.15) is 39.1 Å². The Labute approximate surface area is 94.5 Å². The van der Waals surface area contributed by atoms with Crippen molar-refractivity contribution in [2.45, 2.75) is 39.7 Å². The molecule has 0 amide bonds. The van der Waals surface area contributed by atoms with Gasteiger partial charge in [0.2, 0.25) is 5.88 Å². The van der Waals surface area contributed by atoms with Crippen molar-refractivity contribution in [3.63, 3.8) is 0 Å². The normalized spacial score (nSPS) is 11.8. The molecule has 1 aromatic rings. The van der Waals surface area contributed by atoms with Crippen LogP contribution in [-0.2, 0) is 16.8 Å². The lowest BCUT2D eigenvalue weighted by Crippen LogP contribution is -2.29. The van der Waals surface area contributed by atoms with Gasteiger partial charge >= 0.3 is 0 Å². The molecule has 0 aliphatic rings. The summed E-state index contributed by atoms with van der Waals surface area (Å²) in [5.41, 5.74) is -0.716. The first-order valence-electron chi connectivity index (χ1n) is 5.39. The van der Waals surface area contributed by atoms with E-state index in [1.165, 1.54) is 0 Å². The van der Waals surface area contributed by atoms with E-state index >= 15 is 0 Å². The number of aromatic hydroxyl groups is 1. The summed E-state index contributed by atoms with van der Waals surface area (Å²) in [6.07, 6.45) is 0.448. The molecule has 5 nitrogen and oxygen atoms in total. The standard InChI is InChI=1S/C11H18N2O3/c1-5-7-8(14)12-10(13-9(7)15)11(3,4)16-6-2/h5-6H2,1-4H3,(H2,12,13,14,15). The smallest absolute Gasteiger partial charge is 0.258 e. The molecule has 0 fully saturated rings. The maximum Gasteiger partial charge on any atom is 0.258 e. The van der Waals surface area contributed by atoms with Crippen LogP contribution >= 0.6 is 0 Å². The first-order valence-corrected chi connectivity index (χ1v) is 5.39. The molecule has 5 heteroatoms. The van der Waals surface area contributed by atoms with Crippen molar-refractivity contribution in [3.8, 4) is 5.88 Å². The zero-order valence-electron chi connectivity index (χ0n) is 10.1. The molecule has 0 aliphatic heterocycles. The summed E-state index contributed by atoms with van der Waals surface area (Å²) < 4.78 is 5.46. The topological polar surface area (TPSA) is 75.2 Å². The fourth-order valence-corrected chi connectivity index (χ4v) is 1.52. The van der Waals surface area contributed by atoms with Gasteiger partial charge in [-0.2, -0.15) is 4.98 Å². The fourth-order valence-electron chi connectivity index (χ4n) is 1.52. The van der Waals surface area contributed by atoms with Crippen molar-refractivity contribution in [3.05, 3.63) is 21.7 Å². The summed E-state index contributed by atoms with van der Waals surface area (Å²) in [6, 6.07) is 0. The van der Waals surface area contributed by atoms with Gasteiger partial charge in [0.25, 0.3) is 5.56 Å². The average Bonchev–Trinajstić information content (AvgIpc) is 2.17. The van der Waals surface area contributed by atoms with Gasteiger partial charge in [-0.15, -0.1) is 0 Å². The molecule has 0 radical (unpaired) electrons. The summed E-state index contributed by atoms with van der Waals surface area (Å²) in [4.78, 5) is 18.2. The van der Waals surface area contributed by atoms with Crippen LogP contribution in [0.3, 0.4) is 0 Å². The molecule has 0 spiro atoms. The van der Waals surface area contributed by atoms with Crippen molar-refractivity contribution in [2.75, 3.05) is 6.61 Å². The van der Waals surface area contributed by atoms with E-state index in [0.29, 0.717) is 24.4 Å². The highest BCUT2D eigenvalue weighted by molar-refractivity contribution is 5.23. The minimum Gasteiger partial charge on any atom is -0.493 e. The molecule has 0 aliphatic carbocycles. The molecule has 1 aromatic heterocycles. The molecule has 2 N–H and O–H groups in total. The van der Waals surface area contributed by atoms with Crippen molar-refractivity contribution < 1.29 is 9.84 Å². The highest BCUT2D eigenvalue weighted by atomic mass is 16.5. The van der Waals surface area contributed by atoms with E-state index in [1.807, 2.05) is 6.92 Å². The second-order valence-corrected chi connectivity index (χ2v) is 4.01. The molecule has 0 bridgehead atoms. The second-order valence-electron chi connectivity index (χ2n) is 4.01. The summed E-state index contributed by atoms with van der Waals surface area (Å²) in [5.74, 6) is 0.128. The number of H-pyrrole nitrogens is 1. The minimum atomic E-state index is -0.711. The molecule has 1 rings (SSSR count). The molecular weight excluding hydrogens is 208 g/mol. The molecule has 0 saturated heterocycles. The van der Waals surface area contributed by atoms with Gasteiger partial charge in [-0.05, 0) is 27.2 Å². The number of rotatable bonds is 4. The zero-order chi connectivity index (χ0) is 12.3. The van der Waals surface area contributed by atoms with Crippen LogP contribution in [0, 0.1) is 0 Å². The Balaban J connectivity index is 3.23. The Morgan fingerprint density at radius 1 is 1.44 bits per heavy atom. The van der Waals surface area contributed by atoms with Crippen molar-refractivity contribution in [1.82, 2.24) is 9.97 Å². The number of hydrogen-bond acceptors (Lipinski definition) is 4. The molecule has 16 heavy (non-hydrogen) atoms. The number of aromatic amines is 1. The predicted molar refractivity (Wildman–Crippen MR) is 60.6 cm³/mol. The van der Waals surface area contributed by atoms with Crippen LogP contribution in [0.2, 0.25) is 0 Å². The molecule has 1 heterocycles. The van der Waals surface area contributed by atoms with Crippen LogP contribution in [-0.4, -0.2) is 21.7 Å². The van der Waals surface area contributed by atoms with E-state index in [2.05, 4.69) is 9.97 Å². The lowest BCUT2D eigenvalue weighted by molar-refractivity contribution is -0.0214. The van der Waals surface area contributed by atoms with E-state index < -0.39 is 5.60 Å². The maximum atomic E-state index is 11.6. The Bertz CT molecular complexity index is 424. The number of nitrogens with one attached hydrogen (secondary N) is 1. The first-order chi connectivity index (χ1) is 7.42. The van der Waals surface area contributed by atoms with Crippen molar-refractivity contribution in [2.24, 2.45) is 0 Å². The van der Waals surface area contributed by atoms with E-state index in [4.69, 9.17) is 4.74 Å². The van der Waals surface area contributed by atoms with Crippen LogP contribution in [0.4, 0.5) is 0 Å². The van der Waals surface area contributed by atoms with Gasteiger partial charge in [0.05, 0.1) is 5.56 Å². The lowest BCUT2D eigenvalue weighted by atomic mass is 10.1. The van der Waals surface area contributed by atoms with Gasteiger partial charge in [-0.25, -0.2) is 0 Å². The maximum absolute atomic E-state index is 11.6. The van der Waals surface area contributed by atoms with Crippen LogP contribution in [0.5, 0.6) is 5.88 Å². The quantitative estimate of drug-likeness (QED) is 0.811. The monoisotopic (exact) mass is 226 g/mol. The van der Waals surface area contributed by atoms with E-state index in [-0.39, 0.29) is 11.4 Å². The Hall–Kier alpha value is -1.36. The van der Waals surface area contributed by atoms with Gasteiger partial charge in [0.1, 0.15) is 11.4 Å². The minimum absolute atomic E-state index is 0.214. The van der Waals surface area contributed by atoms with Gasteiger partial charge in [0.15, 0.2) is 0 Å². The van der Waals surface area contributed by atoms with Crippen LogP contribution in [0.15, 0.2) is 4.79 Å². The third-order valence-corrected chi connectivity index (χ3v) is 2.42. The summed E-state index contributed by atoms with van der Waals surface area (Å²) in [6.45, 7) is 7.74. The fraction of sp³-hybridized carbons (Fsp3) is 0.636. The molecule has 0 atom stereocenters. The number of hydrogen-bond donors (Lipinski definition) is 2. The lowest BCUT2D eigenvalue weighted by Gasteiger charge is -2.23. The number of nitrogens with zero attached hydrogens (tertiary/aromatic N) is 1. The van der Waals surface area contributed by atoms with E-state index in [9.17, 15) is 9.90 Å². The molecule has 90 valence electrons. The largest absolute Gasteiger partial charge is 0.493 e. The van der Waals surface area contributed by atoms with Gasteiger partial charge in [-0.3, -0.25) is 4.79 Å². The van der Waals surface area contributed by atoms with Gasteiger partial charge in [-0.1, -0.05) is 6.92 Å². The summed E-state index contributed by atoms with van der Waals surface area (Å²) >= 11 is 0. The Morgan fingerprint density at radius 3 is 2.50 bits per heavy atom. The van der Waals surface area contributed by atoms with Gasteiger partial charge < -0.3 is 14.8 Å². The predicted octanol–water partition coefficient (Wildman–Crippen LogP) is 1.31. The Morgan fingerprint density at radius 2 is 2.06 bits per heavy atom. The third-order valence-electron chi connectivity index (χ3n) is 2.42. The van der Waals surface area contributed by atoms with Crippen LogP contribution in [0.25, 0.3) is 0 Å². The summed E-state index contributed by atoms with van der Waals surface area (Å²) in [5, 5.41) is 9.62. The molecule has 0 saturated carbocycles. The summed E-state index contributed by atoms with van der Waals surface area (Å²) in [7, 11) is 0. The van der Waals surface area contributed by atoms with E-state index in [1.54, 1.807) is 20.8 Å². The first kappa shape index (κ1) is 12.7. The van der Waals surface area contributed by atoms with Crippen molar-refractivity contribution >= 4 is 0 Å². The SMILES string of the molecule is CCOC(C)(C)c1nc(O)c(CC)c(=O)[nH]1. The van der Waals surface area contributed by atoms with Crippen LogP contribution < -0.4 is 5.56 Å². The van der Waals surface area contributed by atoms with E-state index in [0.717, 1.165) is 0 Å². The van der Waals surface area contributed by atoms with Crippen molar-refractivity contribution in [1.29, 1.82) is 0 Å². The second kappa shape index (κ2) is 4.65. The highest BCUT2D eigenvalue weighted by Gasteiger charge is 2.25. The number of aromatic nitrogens is 2. The Kier molecular flexibility index (Phi) is 3.70. The van der Waals surface area contributed by atoms with Gasteiger partial charge in [0, 0.05) is 6.61 Å².